The highest BCUT2D eigenvalue weighted by atomic mass is 16.5. The first-order chi connectivity index (χ1) is 15.6. The van der Waals surface area contributed by atoms with Gasteiger partial charge >= 0.3 is 0 Å². The lowest BCUT2D eigenvalue weighted by Gasteiger charge is -2.11. The minimum absolute atomic E-state index is 0.0812. The number of rotatable bonds is 8. The zero-order chi connectivity index (χ0) is 22.3. The first-order valence-electron chi connectivity index (χ1n) is 10.4. The predicted molar refractivity (Wildman–Crippen MR) is 121 cm³/mol. The number of anilines is 1. The van der Waals surface area contributed by atoms with Gasteiger partial charge in [0.05, 0.1) is 6.42 Å². The summed E-state index contributed by atoms with van der Waals surface area (Å²) in [4.78, 5) is 20.9. The van der Waals surface area contributed by atoms with Crippen molar-refractivity contribution in [2.45, 2.75) is 26.2 Å². The van der Waals surface area contributed by atoms with Crippen LogP contribution < -0.4 is 10.1 Å². The highest BCUT2D eigenvalue weighted by molar-refractivity contribution is 5.92. The average molecular weight is 428 g/mol. The monoisotopic (exact) mass is 428 g/mol. The predicted octanol–water partition coefficient (Wildman–Crippen LogP) is 4.86. The number of carbonyl (C=O) groups excluding carboxylic acids is 1. The number of nitrogens with one attached hydrogen (secondary N) is 1. The summed E-state index contributed by atoms with van der Waals surface area (Å²) in [6.45, 7) is 4.19. The molecule has 1 N–H and O–H groups in total. The van der Waals surface area contributed by atoms with Crippen molar-refractivity contribution in [2.75, 3.05) is 11.9 Å². The van der Waals surface area contributed by atoms with E-state index in [1.165, 1.54) is 5.56 Å². The van der Waals surface area contributed by atoms with Crippen molar-refractivity contribution in [1.82, 2.24) is 15.1 Å². The maximum Gasteiger partial charge on any atom is 0.262 e. The van der Waals surface area contributed by atoms with E-state index in [-0.39, 0.29) is 12.5 Å². The molecule has 0 atom stereocenters. The molecule has 7 nitrogen and oxygen atoms in total. The third-order valence-electron chi connectivity index (χ3n) is 4.96. The Morgan fingerprint density at radius 3 is 2.53 bits per heavy atom. The van der Waals surface area contributed by atoms with Gasteiger partial charge in [-0.05, 0) is 47.4 Å². The molecular weight excluding hydrogens is 404 g/mol. The molecule has 0 saturated carbocycles. The van der Waals surface area contributed by atoms with E-state index in [9.17, 15) is 4.79 Å². The average Bonchev–Trinajstić information content (AvgIpc) is 3.28. The van der Waals surface area contributed by atoms with Crippen LogP contribution in [0.3, 0.4) is 0 Å². The van der Waals surface area contributed by atoms with Crippen LogP contribution in [0.4, 0.5) is 5.69 Å². The molecule has 2 aromatic heterocycles. The van der Waals surface area contributed by atoms with Crippen LogP contribution in [0.15, 0.2) is 77.6 Å². The maximum absolute atomic E-state index is 12.5. The molecule has 0 aliphatic carbocycles. The Kier molecular flexibility index (Phi) is 6.55. The summed E-state index contributed by atoms with van der Waals surface area (Å²) < 4.78 is 11.0. The summed E-state index contributed by atoms with van der Waals surface area (Å²) in [6.07, 6.45) is 3.75. The summed E-state index contributed by atoms with van der Waals surface area (Å²) in [5.74, 6) is 1.82. The fraction of sp³-hybridized carbons (Fsp3) is 0.200. The van der Waals surface area contributed by atoms with Crippen LogP contribution in [-0.2, 0) is 11.2 Å². The molecule has 0 unspecified atom stereocenters. The molecule has 2 heterocycles. The van der Waals surface area contributed by atoms with Crippen LogP contribution in [0.2, 0.25) is 0 Å². The van der Waals surface area contributed by atoms with Gasteiger partial charge in [0.25, 0.3) is 5.91 Å². The third-order valence-corrected chi connectivity index (χ3v) is 4.96. The van der Waals surface area contributed by atoms with Crippen LogP contribution in [0.1, 0.15) is 36.8 Å². The van der Waals surface area contributed by atoms with E-state index in [0.717, 1.165) is 11.1 Å². The standard InChI is InChI=1S/C25H24N4O3/c1-17(2)18-7-9-21(10-8-18)31-16-23(30)27-22-6-4-3-5-20(22)15-24-28-25(29-32-24)19-11-13-26-14-12-19/h3-14,17H,15-16H2,1-2H3,(H,27,30). The number of carbonyl (C=O) groups is 1. The van der Waals surface area contributed by atoms with Gasteiger partial charge in [0.2, 0.25) is 11.7 Å². The Hall–Kier alpha value is -4.00. The molecule has 0 radical (unpaired) electrons. The van der Waals surface area contributed by atoms with Crippen molar-refractivity contribution >= 4 is 11.6 Å². The molecule has 7 heteroatoms. The SMILES string of the molecule is CC(C)c1ccc(OCC(=O)Nc2ccccc2Cc2nc(-c3ccncc3)no2)cc1. The second-order valence-corrected chi connectivity index (χ2v) is 7.64. The van der Waals surface area contributed by atoms with Crippen molar-refractivity contribution < 1.29 is 14.1 Å². The van der Waals surface area contributed by atoms with Crippen LogP contribution in [0.25, 0.3) is 11.4 Å². The number of ether oxygens (including phenoxy) is 1. The number of aromatic nitrogens is 3. The van der Waals surface area contributed by atoms with Crippen LogP contribution >= 0.6 is 0 Å². The molecule has 2 aromatic carbocycles. The third kappa shape index (κ3) is 5.37. The van der Waals surface area contributed by atoms with Crippen LogP contribution in [-0.4, -0.2) is 27.6 Å². The number of hydrogen-bond donors (Lipinski definition) is 1. The van der Waals surface area contributed by atoms with Crippen molar-refractivity contribution in [2.24, 2.45) is 0 Å². The number of para-hydroxylation sites is 1. The van der Waals surface area contributed by atoms with E-state index >= 15 is 0 Å². The number of pyridine rings is 1. The first kappa shape index (κ1) is 21.2. The Balaban J connectivity index is 1.38. The Bertz CT molecular complexity index is 1170. The minimum Gasteiger partial charge on any atom is -0.484 e. The Morgan fingerprint density at radius 2 is 1.78 bits per heavy atom. The minimum atomic E-state index is -0.242. The topological polar surface area (TPSA) is 90.1 Å². The number of hydrogen-bond acceptors (Lipinski definition) is 6. The quantitative estimate of drug-likeness (QED) is 0.431. The Labute approximate surface area is 186 Å². The van der Waals surface area contributed by atoms with E-state index in [1.807, 2.05) is 60.7 Å². The van der Waals surface area contributed by atoms with Gasteiger partial charge in [0, 0.05) is 23.6 Å². The van der Waals surface area contributed by atoms with Crippen molar-refractivity contribution in [1.29, 1.82) is 0 Å². The fourth-order valence-electron chi connectivity index (χ4n) is 3.19. The summed E-state index contributed by atoms with van der Waals surface area (Å²) in [5, 5.41) is 6.94. The molecule has 32 heavy (non-hydrogen) atoms. The van der Waals surface area contributed by atoms with E-state index < -0.39 is 0 Å². The molecule has 0 fully saturated rings. The van der Waals surface area contributed by atoms with Gasteiger partial charge in [-0.2, -0.15) is 4.98 Å². The Morgan fingerprint density at radius 1 is 1.03 bits per heavy atom. The second kappa shape index (κ2) is 9.87. The van der Waals surface area contributed by atoms with E-state index in [0.29, 0.717) is 35.5 Å². The van der Waals surface area contributed by atoms with Crippen molar-refractivity contribution in [3.8, 4) is 17.1 Å². The lowest BCUT2D eigenvalue weighted by molar-refractivity contribution is -0.118. The van der Waals surface area contributed by atoms with Crippen molar-refractivity contribution in [3.05, 3.63) is 90.1 Å². The van der Waals surface area contributed by atoms with Crippen molar-refractivity contribution in [3.63, 3.8) is 0 Å². The highest BCUT2D eigenvalue weighted by Gasteiger charge is 2.13. The van der Waals surface area contributed by atoms with Crippen LogP contribution in [0.5, 0.6) is 5.75 Å². The second-order valence-electron chi connectivity index (χ2n) is 7.64. The van der Waals surface area contributed by atoms with Gasteiger partial charge in [0.15, 0.2) is 6.61 Å². The lowest BCUT2D eigenvalue weighted by atomic mass is 10.0. The normalized spacial score (nSPS) is 10.8. The zero-order valence-corrected chi connectivity index (χ0v) is 18.0. The molecule has 1 amide bonds. The van der Waals surface area contributed by atoms with Gasteiger partial charge in [-0.25, -0.2) is 0 Å². The summed E-state index contributed by atoms with van der Waals surface area (Å²) in [7, 11) is 0. The molecule has 0 spiro atoms. The lowest BCUT2D eigenvalue weighted by Crippen LogP contribution is -2.21. The van der Waals surface area contributed by atoms with E-state index in [1.54, 1.807) is 12.4 Å². The summed E-state index contributed by atoms with van der Waals surface area (Å²) >= 11 is 0. The molecule has 0 saturated heterocycles. The number of benzene rings is 2. The number of nitrogens with zero attached hydrogens (tertiary/aromatic N) is 3. The molecule has 0 bridgehead atoms. The van der Waals surface area contributed by atoms with Crippen LogP contribution in [0, 0.1) is 0 Å². The van der Waals surface area contributed by atoms with Gasteiger partial charge in [-0.15, -0.1) is 0 Å². The largest absolute Gasteiger partial charge is 0.484 e. The van der Waals surface area contributed by atoms with Gasteiger partial charge in [-0.3, -0.25) is 9.78 Å². The maximum atomic E-state index is 12.5. The van der Waals surface area contributed by atoms with E-state index in [4.69, 9.17) is 9.26 Å². The van der Waals surface area contributed by atoms with Gasteiger partial charge in [0.1, 0.15) is 5.75 Å². The zero-order valence-electron chi connectivity index (χ0n) is 18.0. The molecule has 4 aromatic rings. The molecule has 4 rings (SSSR count). The van der Waals surface area contributed by atoms with E-state index in [2.05, 4.69) is 34.3 Å². The molecule has 162 valence electrons. The molecule has 0 aliphatic heterocycles. The summed E-state index contributed by atoms with van der Waals surface area (Å²) in [6, 6.07) is 18.9. The smallest absolute Gasteiger partial charge is 0.262 e. The highest BCUT2D eigenvalue weighted by Crippen LogP contribution is 2.21. The first-order valence-corrected chi connectivity index (χ1v) is 10.4. The van der Waals surface area contributed by atoms with Gasteiger partial charge in [-0.1, -0.05) is 49.3 Å². The summed E-state index contributed by atoms with van der Waals surface area (Å²) in [5.41, 5.74) is 3.60. The molecular formula is C25H24N4O3. The fourth-order valence-corrected chi connectivity index (χ4v) is 3.19. The van der Waals surface area contributed by atoms with Gasteiger partial charge < -0.3 is 14.6 Å². The number of amides is 1. The molecule has 0 aliphatic rings.